The van der Waals surface area contributed by atoms with Crippen molar-refractivity contribution in [1.29, 1.82) is 0 Å². The van der Waals surface area contributed by atoms with Gasteiger partial charge in [-0.1, -0.05) is 23.7 Å². The van der Waals surface area contributed by atoms with Crippen LogP contribution < -0.4 is 15.4 Å². The summed E-state index contributed by atoms with van der Waals surface area (Å²) in [6.45, 7) is 0.0345. The molecular formula is C18H13ClFN3O4. The lowest BCUT2D eigenvalue weighted by Crippen LogP contribution is -2.58. The summed E-state index contributed by atoms with van der Waals surface area (Å²) in [4.78, 5) is 38.9. The maximum atomic E-state index is 13.4. The van der Waals surface area contributed by atoms with Crippen LogP contribution in [0.3, 0.4) is 0 Å². The Morgan fingerprint density at radius 3 is 2.48 bits per heavy atom. The summed E-state index contributed by atoms with van der Waals surface area (Å²) in [5.41, 5.74) is -0.639. The Balaban J connectivity index is 1.85. The number of urea groups is 1. The number of benzene rings is 2. The van der Waals surface area contributed by atoms with Crippen LogP contribution in [0.2, 0.25) is 5.02 Å². The summed E-state index contributed by atoms with van der Waals surface area (Å²) < 4.78 is 18.5. The molecule has 4 amide bonds. The summed E-state index contributed by atoms with van der Waals surface area (Å²) >= 11 is 6.12. The van der Waals surface area contributed by atoms with Gasteiger partial charge in [-0.15, -0.1) is 0 Å². The number of carbonyl (C=O) groups excluding carboxylic acids is 3. The first-order valence-electron chi connectivity index (χ1n) is 7.95. The largest absolute Gasteiger partial charge is 0.495 e. The van der Waals surface area contributed by atoms with Crippen LogP contribution in [0.1, 0.15) is 21.5 Å². The number of amides is 4. The molecule has 1 atom stereocenters. The van der Waals surface area contributed by atoms with Crippen molar-refractivity contribution in [3.8, 4) is 5.75 Å². The van der Waals surface area contributed by atoms with Gasteiger partial charge in [0, 0.05) is 11.1 Å². The van der Waals surface area contributed by atoms with E-state index in [2.05, 4.69) is 10.6 Å². The van der Waals surface area contributed by atoms with Crippen LogP contribution in [0, 0.1) is 5.82 Å². The number of ether oxygens (including phenoxy) is 1. The average molecular weight is 390 g/mol. The molecule has 0 bridgehead atoms. The average Bonchev–Trinajstić information content (AvgIpc) is 3.12. The minimum Gasteiger partial charge on any atom is -0.495 e. The number of hydrogen-bond acceptors (Lipinski definition) is 4. The number of carbonyl (C=O) groups is 3. The number of rotatable bonds is 3. The molecule has 2 heterocycles. The van der Waals surface area contributed by atoms with Crippen molar-refractivity contribution in [2.45, 2.75) is 12.2 Å². The molecule has 1 fully saturated rings. The third-order valence-corrected chi connectivity index (χ3v) is 4.99. The van der Waals surface area contributed by atoms with E-state index in [1.54, 1.807) is 6.07 Å². The molecule has 2 aromatic carbocycles. The van der Waals surface area contributed by atoms with Crippen molar-refractivity contribution < 1.29 is 23.5 Å². The molecule has 1 unspecified atom stereocenters. The smallest absolute Gasteiger partial charge is 0.324 e. The fourth-order valence-electron chi connectivity index (χ4n) is 3.43. The van der Waals surface area contributed by atoms with Gasteiger partial charge in [0.1, 0.15) is 11.6 Å². The second-order valence-corrected chi connectivity index (χ2v) is 6.57. The highest BCUT2D eigenvalue weighted by Crippen LogP contribution is 2.39. The molecule has 2 aromatic rings. The second-order valence-electron chi connectivity index (χ2n) is 6.16. The maximum absolute atomic E-state index is 13.4. The molecule has 0 spiro atoms. The Bertz CT molecular complexity index is 995. The van der Waals surface area contributed by atoms with E-state index in [1.165, 1.54) is 30.2 Å². The van der Waals surface area contributed by atoms with Gasteiger partial charge >= 0.3 is 6.03 Å². The number of methoxy groups -OCH3 is 1. The van der Waals surface area contributed by atoms with Gasteiger partial charge < -0.3 is 10.1 Å². The summed E-state index contributed by atoms with van der Waals surface area (Å²) in [5, 5.41) is 4.93. The van der Waals surface area contributed by atoms with Crippen molar-refractivity contribution in [3.05, 3.63) is 63.9 Å². The van der Waals surface area contributed by atoms with Crippen LogP contribution in [0.4, 0.5) is 9.18 Å². The lowest BCUT2D eigenvalue weighted by atomic mass is 9.97. The number of fused-ring (bicyclic) bond motifs is 1. The van der Waals surface area contributed by atoms with E-state index < -0.39 is 29.3 Å². The molecule has 4 rings (SSSR count). The Morgan fingerprint density at radius 1 is 1.19 bits per heavy atom. The van der Waals surface area contributed by atoms with E-state index in [4.69, 9.17) is 16.3 Å². The van der Waals surface area contributed by atoms with Crippen molar-refractivity contribution >= 4 is 29.4 Å². The van der Waals surface area contributed by atoms with Gasteiger partial charge in [0.2, 0.25) is 5.66 Å². The molecule has 2 aliphatic heterocycles. The van der Waals surface area contributed by atoms with Crippen LogP contribution in [0.15, 0.2) is 36.4 Å². The van der Waals surface area contributed by atoms with Crippen LogP contribution in [-0.4, -0.2) is 29.9 Å². The van der Waals surface area contributed by atoms with Gasteiger partial charge in [-0.2, -0.15) is 0 Å². The maximum Gasteiger partial charge on any atom is 0.324 e. The summed E-state index contributed by atoms with van der Waals surface area (Å²) in [6.07, 6.45) is 0. The van der Waals surface area contributed by atoms with E-state index in [-0.39, 0.29) is 17.1 Å². The minimum atomic E-state index is -1.79. The first-order valence-corrected chi connectivity index (χ1v) is 8.32. The molecule has 2 N–H and O–H groups in total. The number of hydrogen-bond donors (Lipinski definition) is 2. The predicted molar refractivity (Wildman–Crippen MR) is 92.6 cm³/mol. The first-order chi connectivity index (χ1) is 12.9. The van der Waals surface area contributed by atoms with Gasteiger partial charge in [0.05, 0.1) is 18.7 Å². The third kappa shape index (κ3) is 2.44. The van der Waals surface area contributed by atoms with Crippen LogP contribution in [0.5, 0.6) is 5.75 Å². The number of nitrogens with zero attached hydrogens (tertiary/aromatic N) is 1. The van der Waals surface area contributed by atoms with Crippen molar-refractivity contribution in [2.75, 3.05) is 7.11 Å². The number of halogens is 2. The molecule has 0 aromatic heterocycles. The second kappa shape index (κ2) is 5.95. The summed E-state index contributed by atoms with van der Waals surface area (Å²) in [6, 6.07) is 7.34. The molecule has 0 radical (unpaired) electrons. The summed E-state index contributed by atoms with van der Waals surface area (Å²) in [5.74, 6) is -1.33. The zero-order valence-electron chi connectivity index (χ0n) is 14.0. The molecule has 138 valence electrons. The van der Waals surface area contributed by atoms with E-state index in [1.807, 2.05) is 0 Å². The fraction of sp³-hybridized carbons (Fsp3) is 0.167. The van der Waals surface area contributed by atoms with Crippen molar-refractivity contribution in [3.63, 3.8) is 0 Å². The molecule has 0 saturated carbocycles. The standard InChI is InChI=1S/C18H13ClFN3O4/c1-27-14-6-9-8-23(15(24)12(9)7-13(14)19)18(16(25)21-17(26)22-18)10-2-4-11(20)5-3-10/h2-7H,8H2,1H3,(H2,21,22,25,26). The molecule has 0 aliphatic carbocycles. The van der Waals surface area contributed by atoms with Gasteiger partial charge in [-0.05, 0) is 29.8 Å². The molecule has 9 heteroatoms. The lowest BCUT2D eigenvalue weighted by Gasteiger charge is -2.35. The van der Waals surface area contributed by atoms with Crippen molar-refractivity contribution in [2.24, 2.45) is 0 Å². The van der Waals surface area contributed by atoms with Gasteiger partial charge in [-0.25, -0.2) is 9.18 Å². The molecule has 27 heavy (non-hydrogen) atoms. The number of imide groups is 1. The van der Waals surface area contributed by atoms with Crippen LogP contribution >= 0.6 is 11.6 Å². The van der Waals surface area contributed by atoms with E-state index in [0.717, 1.165) is 12.1 Å². The Kier molecular flexibility index (Phi) is 3.81. The quantitative estimate of drug-likeness (QED) is 0.787. The topological polar surface area (TPSA) is 87.7 Å². The van der Waals surface area contributed by atoms with Crippen LogP contribution in [0.25, 0.3) is 0 Å². The third-order valence-electron chi connectivity index (χ3n) is 4.70. The predicted octanol–water partition coefficient (Wildman–Crippen LogP) is 2.14. The Hall–Kier alpha value is -3.13. The van der Waals surface area contributed by atoms with E-state index in [9.17, 15) is 18.8 Å². The SMILES string of the molecule is COc1cc2c(cc1Cl)C(=O)N(C1(c3ccc(F)cc3)NC(=O)NC1=O)C2. The molecule has 1 saturated heterocycles. The van der Waals surface area contributed by atoms with E-state index in [0.29, 0.717) is 16.9 Å². The van der Waals surface area contributed by atoms with Gasteiger partial charge in [-0.3, -0.25) is 19.8 Å². The highest BCUT2D eigenvalue weighted by Gasteiger charge is 2.56. The highest BCUT2D eigenvalue weighted by atomic mass is 35.5. The minimum absolute atomic E-state index is 0.0345. The summed E-state index contributed by atoms with van der Waals surface area (Å²) in [7, 11) is 1.45. The highest BCUT2D eigenvalue weighted by molar-refractivity contribution is 6.32. The zero-order chi connectivity index (χ0) is 19.3. The molecule has 2 aliphatic rings. The van der Waals surface area contributed by atoms with E-state index >= 15 is 0 Å². The zero-order valence-corrected chi connectivity index (χ0v) is 14.8. The molecule has 7 nitrogen and oxygen atoms in total. The number of nitrogens with one attached hydrogen (secondary N) is 2. The van der Waals surface area contributed by atoms with Gasteiger partial charge in [0.25, 0.3) is 11.8 Å². The Labute approximate surface area is 158 Å². The fourth-order valence-corrected chi connectivity index (χ4v) is 3.67. The first kappa shape index (κ1) is 17.3. The van der Waals surface area contributed by atoms with Crippen molar-refractivity contribution in [1.82, 2.24) is 15.5 Å². The Morgan fingerprint density at radius 2 is 1.89 bits per heavy atom. The van der Waals surface area contributed by atoms with Gasteiger partial charge in [0.15, 0.2) is 0 Å². The van der Waals surface area contributed by atoms with Crippen LogP contribution in [-0.2, 0) is 17.0 Å². The molecular weight excluding hydrogens is 377 g/mol. The lowest BCUT2D eigenvalue weighted by molar-refractivity contribution is -0.130. The monoisotopic (exact) mass is 389 g/mol. The normalized spacial score (nSPS) is 21.1.